The molecule has 2 rings (SSSR count). The number of rotatable bonds is 3. The third kappa shape index (κ3) is 3.14. The quantitative estimate of drug-likeness (QED) is 0.880. The van der Waals surface area contributed by atoms with Gasteiger partial charge in [0, 0.05) is 16.6 Å². The molecule has 0 saturated carbocycles. The Labute approximate surface area is 133 Å². The summed E-state index contributed by atoms with van der Waals surface area (Å²) >= 11 is 3.19. The Morgan fingerprint density at radius 3 is 2.33 bits per heavy atom. The molecular weight excluding hydrogens is 358 g/mol. The van der Waals surface area contributed by atoms with Crippen molar-refractivity contribution >= 4 is 31.9 Å². The molecule has 116 valence electrons. The summed E-state index contributed by atoms with van der Waals surface area (Å²) < 4.78 is 27.5. The first kappa shape index (κ1) is 16.5. The zero-order chi connectivity index (χ0) is 15.8. The molecule has 0 radical (unpaired) electrons. The molecule has 1 N–H and O–H groups in total. The molecule has 1 aliphatic heterocycles. The lowest BCUT2D eigenvalue weighted by molar-refractivity contribution is 0.0696. The second kappa shape index (κ2) is 6.06. The van der Waals surface area contributed by atoms with E-state index >= 15 is 0 Å². The topological polar surface area (TPSA) is 74.7 Å². The molecule has 7 heteroatoms. The van der Waals surface area contributed by atoms with Crippen LogP contribution < -0.4 is 0 Å². The maximum Gasteiger partial charge on any atom is 0.335 e. The van der Waals surface area contributed by atoms with Crippen LogP contribution in [0.1, 0.15) is 43.5 Å². The molecule has 1 heterocycles. The van der Waals surface area contributed by atoms with Crippen LogP contribution in [-0.2, 0) is 10.0 Å². The lowest BCUT2D eigenvalue weighted by Crippen LogP contribution is -2.47. The van der Waals surface area contributed by atoms with Crippen molar-refractivity contribution in [3.8, 4) is 0 Å². The lowest BCUT2D eigenvalue weighted by Gasteiger charge is -2.37. The highest BCUT2D eigenvalue weighted by Crippen LogP contribution is 2.33. The Morgan fingerprint density at radius 1 is 1.29 bits per heavy atom. The fourth-order valence-corrected chi connectivity index (χ4v) is 5.75. The molecule has 21 heavy (non-hydrogen) atoms. The van der Waals surface area contributed by atoms with E-state index in [1.807, 2.05) is 13.8 Å². The minimum absolute atomic E-state index is 0.0511. The first-order valence-electron chi connectivity index (χ1n) is 6.81. The number of carboxylic acid groups (broad SMARTS) is 1. The molecule has 0 aliphatic carbocycles. The lowest BCUT2D eigenvalue weighted by atomic mass is 10.0. The number of hydrogen-bond acceptors (Lipinski definition) is 3. The number of sulfonamides is 1. The highest BCUT2D eigenvalue weighted by Gasteiger charge is 2.36. The molecule has 1 saturated heterocycles. The van der Waals surface area contributed by atoms with Crippen LogP contribution in [0.15, 0.2) is 27.6 Å². The zero-order valence-electron chi connectivity index (χ0n) is 11.9. The SMILES string of the molecule is C[C@@H]1CCC[C@H](C)N1S(=O)(=O)c1ccc(C(=O)O)cc1Br. The molecular formula is C14H18BrNO4S. The van der Waals surface area contributed by atoms with Crippen molar-refractivity contribution in [2.24, 2.45) is 0 Å². The van der Waals surface area contributed by atoms with Gasteiger partial charge in [0.15, 0.2) is 0 Å². The van der Waals surface area contributed by atoms with E-state index in [1.165, 1.54) is 22.5 Å². The molecule has 2 atom stereocenters. The number of hydrogen-bond donors (Lipinski definition) is 1. The number of benzene rings is 1. The van der Waals surface area contributed by atoms with Crippen molar-refractivity contribution in [1.82, 2.24) is 4.31 Å². The minimum Gasteiger partial charge on any atom is -0.478 e. The van der Waals surface area contributed by atoms with Gasteiger partial charge in [-0.15, -0.1) is 0 Å². The molecule has 0 bridgehead atoms. The number of piperidine rings is 1. The maximum atomic E-state index is 12.9. The fraction of sp³-hybridized carbons (Fsp3) is 0.500. The third-order valence-corrected chi connectivity index (χ3v) is 6.95. The molecule has 0 unspecified atom stereocenters. The molecule has 0 spiro atoms. The molecule has 0 amide bonds. The van der Waals surface area contributed by atoms with Crippen molar-refractivity contribution < 1.29 is 18.3 Å². The van der Waals surface area contributed by atoms with E-state index in [9.17, 15) is 13.2 Å². The third-order valence-electron chi connectivity index (χ3n) is 3.85. The van der Waals surface area contributed by atoms with Gasteiger partial charge in [-0.3, -0.25) is 0 Å². The highest BCUT2D eigenvalue weighted by atomic mass is 79.9. The second-order valence-electron chi connectivity index (χ2n) is 5.41. The monoisotopic (exact) mass is 375 g/mol. The molecule has 1 aliphatic rings. The van der Waals surface area contributed by atoms with Gasteiger partial charge in [0.2, 0.25) is 10.0 Å². The van der Waals surface area contributed by atoms with E-state index in [0.717, 1.165) is 19.3 Å². The predicted molar refractivity (Wildman–Crippen MR) is 82.9 cm³/mol. The van der Waals surface area contributed by atoms with Crippen LogP contribution in [0.25, 0.3) is 0 Å². The van der Waals surface area contributed by atoms with Crippen LogP contribution in [0.3, 0.4) is 0 Å². The van der Waals surface area contributed by atoms with E-state index in [1.54, 1.807) is 0 Å². The average Bonchev–Trinajstić information content (AvgIpc) is 2.37. The Hall–Kier alpha value is -0.920. The van der Waals surface area contributed by atoms with Crippen molar-refractivity contribution in [1.29, 1.82) is 0 Å². The largest absolute Gasteiger partial charge is 0.478 e. The fourth-order valence-electron chi connectivity index (χ4n) is 2.83. The van der Waals surface area contributed by atoms with Gasteiger partial charge < -0.3 is 5.11 Å². The molecule has 1 aromatic carbocycles. The highest BCUT2D eigenvalue weighted by molar-refractivity contribution is 9.10. The average molecular weight is 376 g/mol. The number of nitrogens with zero attached hydrogens (tertiary/aromatic N) is 1. The van der Waals surface area contributed by atoms with E-state index in [0.29, 0.717) is 0 Å². The summed E-state index contributed by atoms with van der Waals surface area (Å²) in [4.78, 5) is 11.1. The van der Waals surface area contributed by atoms with Gasteiger partial charge in [-0.1, -0.05) is 6.42 Å². The minimum atomic E-state index is -3.64. The maximum absolute atomic E-state index is 12.9. The van der Waals surface area contributed by atoms with Gasteiger partial charge in [0.05, 0.1) is 10.5 Å². The number of carbonyl (C=O) groups is 1. The normalized spacial score (nSPS) is 24.0. The summed E-state index contributed by atoms with van der Waals surface area (Å²) in [6.45, 7) is 3.82. The van der Waals surface area contributed by atoms with Crippen molar-refractivity contribution in [2.75, 3.05) is 0 Å². The van der Waals surface area contributed by atoms with Gasteiger partial charge in [0.1, 0.15) is 0 Å². The van der Waals surface area contributed by atoms with E-state index in [2.05, 4.69) is 15.9 Å². The first-order valence-corrected chi connectivity index (χ1v) is 9.05. The second-order valence-corrected chi connectivity index (χ2v) is 8.08. The van der Waals surface area contributed by atoms with E-state index in [4.69, 9.17) is 5.11 Å². The van der Waals surface area contributed by atoms with E-state index in [-0.39, 0.29) is 27.0 Å². The molecule has 0 aromatic heterocycles. The van der Waals surface area contributed by atoms with Gasteiger partial charge in [-0.25, -0.2) is 13.2 Å². The van der Waals surface area contributed by atoms with Gasteiger partial charge in [-0.2, -0.15) is 4.31 Å². The number of aromatic carboxylic acids is 1. The van der Waals surface area contributed by atoms with Gasteiger partial charge in [-0.05, 0) is 60.8 Å². The van der Waals surface area contributed by atoms with Crippen LogP contribution in [0.4, 0.5) is 0 Å². The summed E-state index contributed by atoms with van der Waals surface area (Å²) in [6.07, 6.45) is 2.70. The van der Waals surface area contributed by atoms with Crippen molar-refractivity contribution in [2.45, 2.75) is 50.1 Å². The van der Waals surface area contributed by atoms with Crippen LogP contribution >= 0.6 is 15.9 Å². The van der Waals surface area contributed by atoms with Crippen molar-refractivity contribution in [3.63, 3.8) is 0 Å². The van der Waals surface area contributed by atoms with Gasteiger partial charge >= 0.3 is 5.97 Å². The standard InChI is InChI=1S/C14H18BrNO4S/c1-9-4-3-5-10(2)16(9)21(19,20)13-7-6-11(14(17)18)8-12(13)15/h6-10H,3-5H2,1-2H3,(H,17,18)/t9-,10+. The Balaban J connectivity index is 2.46. The van der Waals surface area contributed by atoms with Crippen molar-refractivity contribution in [3.05, 3.63) is 28.2 Å². The zero-order valence-corrected chi connectivity index (χ0v) is 14.3. The van der Waals surface area contributed by atoms with Crippen LogP contribution in [-0.4, -0.2) is 35.9 Å². The molecule has 5 nitrogen and oxygen atoms in total. The number of carboxylic acids is 1. The smallest absolute Gasteiger partial charge is 0.335 e. The predicted octanol–water partition coefficient (Wildman–Crippen LogP) is 3.10. The summed E-state index contributed by atoms with van der Waals surface area (Å²) in [6, 6.07) is 3.90. The van der Waals surface area contributed by atoms with E-state index < -0.39 is 16.0 Å². The van der Waals surface area contributed by atoms with Crippen LogP contribution in [0.2, 0.25) is 0 Å². The van der Waals surface area contributed by atoms with Gasteiger partial charge in [0.25, 0.3) is 0 Å². The number of halogens is 1. The Kier molecular flexibility index (Phi) is 4.75. The van der Waals surface area contributed by atoms with Crippen LogP contribution in [0.5, 0.6) is 0 Å². The molecule has 1 aromatic rings. The summed E-state index contributed by atoms with van der Waals surface area (Å²) in [5, 5.41) is 8.96. The summed E-state index contributed by atoms with van der Waals surface area (Å²) in [5.41, 5.74) is 0.0561. The first-order chi connectivity index (χ1) is 9.75. The summed E-state index contributed by atoms with van der Waals surface area (Å²) in [7, 11) is -3.64. The Morgan fingerprint density at radius 2 is 1.86 bits per heavy atom. The van der Waals surface area contributed by atoms with Crippen LogP contribution in [0, 0.1) is 0 Å². The summed E-state index contributed by atoms with van der Waals surface area (Å²) in [5.74, 6) is -1.08. The molecule has 1 fully saturated rings. The Bertz CT molecular complexity index is 649.